The number of piperidine rings is 1. The fourth-order valence-corrected chi connectivity index (χ4v) is 5.39. The molecule has 0 unspecified atom stereocenters. The van der Waals surface area contributed by atoms with Gasteiger partial charge in [0.1, 0.15) is 18.1 Å². The molecule has 1 aromatic heterocycles. The third kappa shape index (κ3) is 5.71. The zero-order chi connectivity index (χ0) is 22.4. The highest BCUT2D eigenvalue weighted by molar-refractivity contribution is 5.92. The molecule has 6 nitrogen and oxygen atoms in total. The van der Waals surface area contributed by atoms with E-state index in [9.17, 15) is 4.79 Å². The van der Waals surface area contributed by atoms with E-state index >= 15 is 0 Å². The monoisotopic (exact) mass is 438 g/mol. The largest absolute Gasteiger partial charge is 0.492 e. The summed E-state index contributed by atoms with van der Waals surface area (Å²) in [6, 6.07) is 10.3. The van der Waals surface area contributed by atoms with Crippen molar-refractivity contribution in [3.8, 4) is 5.75 Å². The molecule has 32 heavy (non-hydrogen) atoms. The molecule has 1 amide bonds. The summed E-state index contributed by atoms with van der Waals surface area (Å²) >= 11 is 0. The summed E-state index contributed by atoms with van der Waals surface area (Å²) in [6.45, 7) is 10.1. The minimum atomic E-state index is 0.0783. The number of H-pyrrole nitrogens is 1. The van der Waals surface area contributed by atoms with Crippen LogP contribution in [0.3, 0.4) is 0 Å². The lowest BCUT2D eigenvalue weighted by molar-refractivity contribution is 0.0351. The first kappa shape index (κ1) is 22.8. The van der Waals surface area contributed by atoms with Crippen molar-refractivity contribution in [2.24, 2.45) is 11.3 Å². The molecule has 1 saturated heterocycles. The summed E-state index contributed by atoms with van der Waals surface area (Å²) in [6.07, 6.45) is 8.50. The molecule has 0 atom stereocenters. The van der Waals surface area contributed by atoms with E-state index in [0.717, 1.165) is 64.3 Å². The highest BCUT2D eigenvalue weighted by Gasteiger charge is 2.37. The van der Waals surface area contributed by atoms with Crippen LogP contribution in [0.1, 0.15) is 62.0 Å². The molecule has 1 N–H and O–H groups in total. The van der Waals surface area contributed by atoms with Crippen LogP contribution in [0.5, 0.6) is 5.75 Å². The number of carbonyl (C=O) groups excluding carboxylic acids is 1. The number of nitrogens with zero attached hydrogens (tertiary/aromatic N) is 3. The maximum atomic E-state index is 12.8. The van der Waals surface area contributed by atoms with Crippen LogP contribution in [0.15, 0.2) is 36.5 Å². The minimum Gasteiger partial charge on any atom is -0.492 e. The van der Waals surface area contributed by atoms with Crippen LogP contribution in [-0.4, -0.2) is 65.2 Å². The van der Waals surface area contributed by atoms with Crippen molar-refractivity contribution < 1.29 is 9.53 Å². The Hall–Kier alpha value is -2.34. The van der Waals surface area contributed by atoms with Gasteiger partial charge in [0.25, 0.3) is 5.91 Å². The number of benzene rings is 1. The van der Waals surface area contributed by atoms with E-state index in [2.05, 4.69) is 53.2 Å². The van der Waals surface area contributed by atoms with Gasteiger partial charge >= 0.3 is 0 Å². The van der Waals surface area contributed by atoms with Gasteiger partial charge in [-0.15, -0.1) is 0 Å². The molecule has 0 radical (unpaired) electrons. The van der Waals surface area contributed by atoms with Gasteiger partial charge in [-0.2, -0.15) is 5.10 Å². The standard InChI is InChI=1S/C26H38N4O2/c1-21(2)19-29-17-18-32-24-9-4-3-7-22(24)8-5-6-11-26(20-29)12-15-30(16-13-26)25(31)23-10-14-27-28-23/h3-4,7,9-10,14,21H,5-6,8,11-13,15-20H2,1-2H3,(H,27,28). The number of hydrogen-bond donors (Lipinski definition) is 1. The molecule has 0 bridgehead atoms. The Balaban J connectivity index is 1.46. The predicted molar refractivity (Wildman–Crippen MR) is 127 cm³/mol. The Bertz CT molecular complexity index is 856. The minimum absolute atomic E-state index is 0.0783. The summed E-state index contributed by atoms with van der Waals surface area (Å²) in [5, 5.41) is 6.77. The van der Waals surface area contributed by atoms with E-state index < -0.39 is 0 Å². The fourth-order valence-electron chi connectivity index (χ4n) is 5.39. The maximum absolute atomic E-state index is 12.8. The van der Waals surface area contributed by atoms with E-state index in [-0.39, 0.29) is 11.3 Å². The lowest BCUT2D eigenvalue weighted by Gasteiger charge is -2.45. The van der Waals surface area contributed by atoms with Crippen molar-refractivity contribution in [1.82, 2.24) is 20.0 Å². The van der Waals surface area contributed by atoms with Crippen molar-refractivity contribution in [2.75, 3.05) is 39.3 Å². The molecular formula is C26H38N4O2. The second-order valence-corrected chi connectivity index (χ2v) is 10.1. The van der Waals surface area contributed by atoms with Crippen LogP contribution >= 0.6 is 0 Å². The number of carbonyl (C=O) groups is 1. The van der Waals surface area contributed by atoms with Crippen molar-refractivity contribution in [1.29, 1.82) is 0 Å². The highest BCUT2D eigenvalue weighted by atomic mass is 16.5. The number of rotatable bonds is 3. The smallest absolute Gasteiger partial charge is 0.271 e. The summed E-state index contributed by atoms with van der Waals surface area (Å²) < 4.78 is 6.23. The summed E-state index contributed by atoms with van der Waals surface area (Å²) in [7, 11) is 0. The van der Waals surface area contributed by atoms with Crippen LogP contribution in [0.4, 0.5) is 0 Å². The number of likely N-dealkylation sites (tertiary alicyclic amines) is 1. The zero-order valence-electron chi connectivity index (χ0n) is 19.7. The Morgan fingerprint density at radius 2 is 1.94 bits per heavy atom. The Morgan fingerprint density at radius 1 is 1.12 bits per heavy atom. The molecule has 1 aromatic carbocycles. The quantitative estimate of drug-likeness (QED) is 0.772. The van der Waals surface area contributed by atoms with Crippen LogP contribution in [0.2, 0.25) is 0 Å². The van der Waals surface area contributed by atoms with Gasteiger partial charge in [0.05, 0.1) is 0 Å². The van der Waals surface area contributed by atoms with E-state index in [1.165, 1.54) is 24.8 Å². The second-order valence-electron chi connectivity index (χ2n) is 10.1. The summed E-state index contributed by atoms with van der Waals surface area (Å²) in [4.78, 5) is 17.4. The average Bonchev–Trinajstić information content (AvgIpc) is 3.31. The molecule has 4 rings (SSSR count). The second kappa shape index (κ2) is 10.5. The number of hydrogen-bond acceptors (Lipinski definition) is 4. The number of nitrogens with one attached hydrogen (secondary N) is 1. The molecule has 0 saturated carbocycles. The number of aromatic amines is 1. The molecule has 1 fully saturated rings. The average molecular weight is 439 g/mol. The number of para-hydroxylation sites is 1. The number of amides is 1. The molecule has 2 aliphatic heterocycles. The molecule has 2 aliphatic rings. The first-order valence-corrected chi connectivity index (χ1v) is 12.3. The Labute approximate surface area is 192 Å². The number of ether oxygens (including phenoxy) is 1. The van der Waals surface area contributed by atoms with E-state index in [0.29, 0.717) is 11.6 Å². The Kier molecular flexibility index (Phi) is 7.51. The molecule has 174 valence electrons. The third-order valence-electron chi connectivity index (χ3n) is 7.07. The molecular weight excluding hydrogens is 400 g/mol. The van der Waals surface area contributed by atoms with Gasteiger partial charge in [-0.1, -0.05) is 38.5 Å². The zero-order valence-corrected chi connectivity index (χ0v) is 19.7. The van der Waals surface area contributed by atoms with Gasteiger partial charge in [-0.05, 0) is 61.1 Å². The molecule has 3 heterocycles. The fraction of sp³-hybridized carbons (Fsp3) is 0.615. The first-order valence-electron chi connectivity index (χ1n) is 12.3. The number of aryl methyl sites for hydroxylation is 1. The van der Waals surface area contributed by atoms with Crippen LogP contribution in [0.25, 0.3) is 0 Å². The maximum Gasteiger partial charge on any atom is 0.271 e. The van der Waals surface area contributed by atoms with Gasteiger partial charge < -0.3 is 9.64 Å². The van der Waals surface area contributed by atoms with E-state index in [1.807, 2.05) is 4.90 Å². The highest BCUT2D eigenvalue weighted by Crippen LogP contribution is 2.38. The number of fused-ring (bicyclic) bond motifs is 1. The van der Waals surface area contributed by atoms with E-state index in [1.54, 1.807) is 12.3 Å². The van der Waals surface area contributed by atoms with Gasteiger partial charge in [-0.25, -0.2) is 0 Å². The van der Waals surface area contributed by atoms with Crippen LogP contribution in [-0.2, 0) is 6.42 Å². The van der Waals surface area contributed by atoms with Crippen molar-refractivity contribution in [2.45, 2.75) is 52.4 Å². The lowest BCUT2D eigenvalue weighted by Crippen LogP contribution is -2.49. The lowest BCUT2D eigenvalue weighted by atomic mass is 9.73. The SMILES string of the molecule is CC(C)CN1CCOc2ccccc2CCCCC2(CCN(C(=O)c3ccn[nH]3)CC2)C1. The molecule has 2 aromatic rings. The van der Waals surface area contributed by atoms with Gasteiger partial charge in [0.2, 0.25) is 0 Å². The van der Waals surface area contributed by atoms with Crippen LogP contribution in [0, 0.1) is 11.3 Å². The van der Waals surface area contributed by atoms with Crippen LogP contribution < -0.4 is 4.74 Å². The normalized spacial score (nSPS) is 20.3. The van der Waals surface area contributed by atoms with Gasteiger partial charge in [0, 0.05) is 38.9 Å². The van der Waals surface area contributed by atoms with Crippen molar-refractivity contribution >= 4 is 5.91 Å². The van der Waals surface area contributed by atoms with Gasteiger partial charge in [0.15, 0.2) is 0 Å². The van der Waals surface area contributed by atoms with Crippen molar-refractivity contribution in [3.63, 3.8) is 0 Å². The van der Waals surface area contributed by atoms with Gasteiger partial charge in [-0.3, -0.25) is 14.8 Å². The predicted octanol–water partition coefficient (Wildman–Crippen LogP) is 4.40. The summed E-state index contributed by atoms with van der Waals surface area (Å²) in [5.41, 5.74) is 2.20. The van der Waals surface area contributed by atoms with E-state index in [4.69, 9.17) is 4.74 Å². The third-order valence-corrected chi connectivity index (χ3v) is 7.07. The summed E-state index contributed by atoms with van der Waals surface area (Å²) in [5.74, 6) is 1.75. The topological polar surface area (TPSA) is 61.5 Å². The van der Waals surface area contributed by atoms with Crippen molar-refractivity contribution in [3.05, 3.63) is 47.8 Å². The molecule has 6 heteroatoms. The molecule has 0 aliphatic carbocycles. The first-order chi connectivity index (χ1) is 15.5. The Morgan fingerprint density at radius 3 is 2.69 bits per heavy atom. The number of aromatic nitrogens is 2. The molecule has 1 spiro atoms.